The number of likely N-dealkylation sites (tertiary alicyclic amines) is 1. The van der Waals surface area contributed by atoms with E-state index < -0.39 is 0 Å². The van der Waals surface area contributed by atoms with E-state index in [-0.39, 0.29) is 12.7 Å². The fourth-order valence-electron chi connectivity index (χ4n) is 3.15. The monoisotopic (exact) mass is 380 g/mol. The molecule has 1 atom stereocenters. The molecular weight excluding hydrogens is 340 g/mol. The second-order valence-electron chi connectivity index (χ2n) is 7.00. The van der Waals surface area contributed by atoms with E-state index in [1.165, 1.54) is 43.5 Å². The Morgan fingerprint density at radius 2 is 1.81 bits per heavy atom. The molecule has 2 N–H and O–H groups in total. The highest BCUT2D eigenvalue weighted by molar-refractivity contribution is 5.47. The first kappa shape index (κ1) is 25.6. The summed E-state index contributed by atoms with van der Waals surface area (Å²) < 4.78 is 0. The lowest BCUT2D eigenvalue weighted by Gasteiger charge is -2.29. The average Bonchev–Trinajstić information content (AvgIpc) is 2.68. The summed E-state index contributed by atoms with van der Waals surface area (Å²) in [5, 5.41) is 18.3. The molecule has 0 amide bonds. The van der Waals surface area contributed by atoms with Gasteiger partial charge in [0.15, 0.2) is 0 Å². The van der Waals surface area contributed by atoms with Crippen molar-refractivity contribution in [2.75, 3.05) is 44.2 Å². The van der Waals surface area contributed by atoms with Gasteiger partial charge in [-0.3, -0.25) is 0 Å². The molecule has 0 bridgehead atoms. The van der Waals surface area contributed by atoms with Crippen LogP contribution >= 0.6 is 0 Å². The zero-order valence-corrected chi connectivity index (χ0v) is 17.6. The number of β-amino-alcohol motifs (C(OH)–C–C–N with tert-alkyl or cyclic N) is 1. The van der Waals surface area contributed by atoms with Crippen LogP contribution in [-0.2, 0) is 4.79 Å². The van der Waals surface area contributed by atoms with Crippen LogP contribution in [0.5, 0.6) is 0 Å². The number of nitrogens with zero attached hydrogens (tertiary/aromatic N) is 2. The van der Waals surface area contributed by atoms with Gasteiger partial charge in [-0.05, 0) is 57.8 Å². The quantitative estimate of drug-likeness (QED) is 0.725. The van der Waals surface area contributed by atoms with Gasteiger partial charge in [0.1, 0.15) is 6.79 Å². The first-order valence-corrected chi connectivity index (χ1v) is 10.2. The molecule has 1 saturated heterocycles. The highest BCUT2D eigenvalue weighted by atomic mass is 16.3. The number of benzene rings is 1. The molecule has 0 spiro atoms. The van der Waals surface area contributed by atoms with Gasteiger partial charge in [0, 0.05) is 25.3 Å². The summed E-state index contributed by atoms with van der Waals surface area (Å²) in [6.45, 7) is 13.7. The van der Waals surface area contributed by atoms with Crippen LogP contribution in [0.25, 0.3) is 0 Å². The van der Waals surface area contributed by atoms with Gasteiger partial charge in [0.2, 0.25) is 0 Å². The molecule has 2 rings (SSSR count). The van der Waals surface area contributed by atoms with Gasteiger partial charge in [-0.15, -0.1) is 0 Å². The number of anilines is 1. The number of hydrogen-bond donors (Lipinski definition) is 2. The van der Waals surface area contributed by atoms with Gasteiger partial charge < -0.3 is 24.8 Å². The molecule has 0 radical (unpaired) electrons. The molecule has 1 aliphatic heterocycles. The van der Waals surface area contributed by atoms with E-state index in [9.17, 15) is 5.11 Å². The standard InChI is InChI=1S/C13H21NO.C8H17NO.CH2O/c1-3-4-9-14(10-11-15)13-7-5-12(2)6-8-13;1-2-5-9-6-3-4-8(10)7-9;1-2/h5-8,15H,3-4,9-11H2,1-2H3;8,10H,2-7H2,1H3;1H2. The van der Waals surface area contributed by atoms with E-state index in [0.29, 0.717) is 0 Å². The second kappa shape index (κ2) is 16.7. The minimum Gasteiger partial charge on any atom is -0.395 e. The van der Waals surface area contributed by atoms with Crippen molar-refractivity contribution in [2.24, 2.45) is 0 Å². The van der Waals surface area contributed by atoms with Crippen molar-refractivity contribution in [3.8, 4) is 0 Å². The van der Waals surface area contributed by atoms with Crippen LogP contribution in [0.2, 0.25) is 0 Å². The average molecular weight is 381 g/mol. The molecule has 0 aromatic heterocycles. The molecule has 156 valence electrons. The molecule has 1 aromatic carbocycles. The van der Waals surface area contributed by atoms with Gasteiger partial charge in [0.05, 0.1) is 12.7 Å². The topological polar surface area (TPSA) is 64.0 Å². The number of hydrogen-bond acceptors (Lipinski definition) is 5. The zero-order valence-electron chi connectivity index (χ0n) is 17.6. The number of aliphatic hydroxyl groups excluding tert-OH is 2. The van der Waals surface area contributed by atoms with Crippen molar-refractivity contribution in [1.29, 1.82) is 0 Å². The molecule has 0 saturated carbocycles. The predicted molar refractivity (Wildman–Crippen MR) is 114 cm³/mol. The maximum Gasteiger partial charge on any atom is 0.106 e. The largest absolute Gasteiger partial charge is 0.395 e. The van der Waals surface area contributed by atoms with Crippen LogP contribution in [0.3, 0.4) is 0 Å². The van der Waals surface area contributed by atoms with E-state index in [1.54, 1.807) is 0 Å². The van der Waals surface area contributed by atoms with E-state index in [0.717, 1.165) is 32.6 Å². The summed E-state index contributed by atoms with van der Waals surface area (Å²) in [5.74, 6) is 0. The van der Waals surface area contributed by atoms with Crippen molar-refractivity contribution in [3.05, 3.63) is 29.8 Å². The molecule has 1 aliphatic rings. The number of aryl methyl sites for hydroxylation is 1. The minimum absolute atomic E-state index is 0.0553. The first-order valence-electron chi connectivity index (χ1n) is 10.2. The van der Waals surface area contributed by atoms with Gasteiger partial charge in [-0.2, -0.15) is 0 Å². The summed E-state index contributed by atoms with van der Waals surface area (Å²) in [6, 6.07) is 8.48. The maximum atomic E-state index is 9.26. The van der Waals surface area contributed by atoms with Gasteiger partial charge in [0.25, 0.3) is 0 Å². The number of carbonyl (C=O) groups excluding carboxylic acids is 1. The Balaban J connectivity index is 0.000000488. The lowest BCUT2D eigenvalue weighted by molar-refractivity contribution is -0.0979. The van der Waals surface area contributed by atoms with Crippen molar-refractivity contribution < 1.29 is 15.0 Å². The Morgan fingerprint density at radius 1 is 1.15 bits per heavy atom. The minimum atomic E-state index is -0.0553. The fourth-order valence-corrected chi connectivity index (χ4v) is 3.15. The zero-order chi connectivity index (χ0) is 20.5. The molecule has 27 heavy (non-hydrogen) atoms. The fraction of sp³-hybridized carbons (Fsp3) is 0.682. The third-order valence-electron chi connectivity index (χ3n) is 4.57. The Labute approximate surface area is 166 Å². The summed E-state index contributed by atoms with van der Waals surface area (Å²) in [4.78, 5) is 12.6. The van der Waals surface area contributed by atoms with Crippen LogP contribution in [0.1, 0.15) is 51.5 Å². The van der Waals surface area contributed by atoms with Crippen molar-refractivity contribution in [1.82, 2.24) is 4.90 Å². The Kier molecular flexibility index (Phi) is 15.8. The van der Waals surface area contributed by atoms with E-state index in [2.05, 4.69) is 54.8 Å². The molecule has 1 heterocycles. The number of carbonyl (C=O) groups is 1. The third kappa shape index (κ3) is 11.8. The molecule has 0 aliphatic carbocycles. The summed E-state index contributed by atoms with van der Waals surface area (Å²) in [6.07, 6.45) is 5.68. The van der Waals surface area contributed by atoms with Crippen LogP contribution < -0.4 is 4.90 Å². The number of piperidine rings is 1. The highest BCUT2D eigenvalue weighted by Gasteiger charge is 2.15. The van der Waals surface area contributed by atoms with Crippen LogP contribution in [0, 0.1) is 6.92 Å². The van der Waals surface area contributed by atoms with Gasteiger partial charge in [-0.1, -0.05) is 38.0 Å². The van der Waals surface area contributed by atoms with Crippen LogP contribution in [0.15, 0.2) is 24.3 Å². The SMILES string of the molecule is C=O.CCCCN(CCO)c1ccc(C)cc1.CCCN1CCCC(O)C1. The van der Waals surface area contributed by atoms with Gasteiger partial charge in [-0.25, -0.2) is 0 Å². The summed E-state index contributed by atoms with van der Waals surface area (Å²) in [5.41, 5.74) is 2.49. The van der Waals surface area contributed by atoms with E-state index in [4.69, 9.17) is 9.90 Å². The van der Waals surface area contributed by atoms with Crippen LogP contribution in [-0.4, -0.2) is 67.3 Å². The smallest absolute Gasteiger partial charge is 0.106 e. The third-order valence-corrected chi connectivity index (χ3v) is 4.57. The van der Waals surface area contributed by atoms with E-state index >= 15 is 0 Å². The van der Waals surface area contributed by atoms with Gasteiger partial charge >= 0.3 is 0 Å². The molecule has 5 nitrogen and oxygen atoms in total. The first-order chi connectivity index (χ1) is 13.1. The van der Waals surface area contributed by atoms with Crippen molar-refractivity contribution in [3.63, 3.8) is 0 Å². The van der Waals surface area contributed by atoms with Crippen molar-refractivity contribution >= 4 is 12.5 Å². The van der Waals surface area contributed by atoms with E-state index in [1.807, 2.05) is 6.79 Å². The second-order valence-corrected chi connectivity index (χ2v) is 7.00. The van der Waals surface area contributed by atoms with Crippen LogP contribution in [0.4, 0.5) is 5.69 Å². The number of rotatable bonds is 8. The molecular formula is C22H40N2O3. The summed E-state index contributed by atoms with van der Waals surface area (Å²) >= 11 is 0. The normalized spacial score (nSPS) is 16.6. The molecule has 5 heteroatoms. The predicted octanol–water partition coefficient (Wildman–Crippen LogP) is 3.26. The van der Waals surface area contributed by atoms with Crippen molar-refractivity contribution in [2.45, 2.75) is 59.0 Å². The Hall–Kier alpha value is -1.43. The maximum absolute atomic E-state index is 9.26. The lowest BCUT2D eigenvalue weighted by atomic mass is 10.1. The lowest BCUT2D eigenvalue weighted by Crippen LogP contribution is -2.38. The Bertz CT molecular complexity index is 451. The molecule has 1 unspecified atom stereocenters. The number of aliphatic hydroxyl groups is 2. The summed E-state index contributed by atoms with van der Waals surface area (Å²) in [7, 11) is 0. The molecule has 1 aromatic rings. The highest BCUT2D eigenvalue weighted by Crippen LogP contribution is 2.15. The Morgan fingerprint density at radius 3 is 2.33 bits per heavy atom. The molecule has 1 fully saturated rings. The number of unbranched alkanes of at least 4 members (excludes halogenated alkanes) is 1.